The van der Waals surface area contributed by atoms with Crippen LogP contribution in [0.1, 0.15) is 19.5 Å². The number of alkyl halides is 3. The lowest BCUT2D eigenvalue weighted by Crippen LogP contribution is -2.37. The van der Waals surface area contributed by atoms with Crippen LogP contribution in [0.2, 0.25) is 0 Å². The molecule has 5 heteroatoms. The molecule has 14 heavy (non-hydrogen) atoms. The zero-order chi connectivity index (χ0) is 11.0. The maximum atomic E-state index is 12.6. The molecule has 0 radical (unpaired) electrons. The van der Waals surface area contributed by atoms with E-state index in [1.54, 1.807) is 13.9 Å². The van der Waals surface area contributed by atoms with Crippen LogP contribution in [0.5, 0.6) is 0 Å². The van der Waals surface area contributed by atoms with E-state index in [1.165, 1.54) is 12.3 Å². The van der Waals surface area contributed by atoms with Gasteiger partial charge in [0.2, 0.25) is 0 Å². The molecule has 1 heterocycles. The summed E-state index contributed by atoms with van der Waals surface area (Å²) < 4.78 is 37.8. The summed E-state index contributed by atoms with van der Waals surface area (Å²) in [5, 5.41) is 0. The first-order valence-electron chi connectivity index (χ1n) is 4.25. The highest BCUT2D eigenvalue weighted by molar-refractivity contribution is 6.32. The van der Waals surface area contributed by atoms with Crippen molar-refractivity contribution in [1.29, 1.82) is 0 Å². The molecule has 1 aromatic heterocycles. The zero-order valence-corrected chi connectivity index (χ0v) is 8.31. The Morgan fingerprint density at radius 3 is 2.29 bits per heavy atom. The van der Waals surface area contributed by atoms with Crippen molar-refractivity contribution in [3.05, 3.63) is 24.0 Å². The molecule has 0 unspecified atom stereocenters. The summed E-state index contributed by atoms with van der Waals surface area (Å²) in [6, 6.07) is 3.14. The van der Waals surface area contributed by atoms with Gasteiger partial charge >= 0.3 is 6.18 Å². The predicted molar refractivity (Wildman–Crippen MR) is 51.5 cm³/mol. The van der Waals surface area contributed by atoms with Crippen molar-refractivity contribution in [3.8, 4) is 0 Å². The van der Waals surface area contributed by atoms with Gasteiger partial charge in [0.05, 0.1) is 5.69 Å². The average Bonchev–Trinajstić information content (AvgIpc) is 2.02. The second-order valence-corrected chi connectivity index (χ2v) is 3.84. The average molecular weight is 201 g/mol. The fraction of sp³-hybridized carbons (Fsp3) is 0.444. The van der Waals surface area contributed by atoms with Crippen molar-refractivity contribution in [2.24, 2.45) is 0 Å². The zero-order valence-electron chi connectivity index (χ0n) is 8.31. The molecule has 0 aliphatic rings. The lowest BCUT2D eigenvalue weighted by atomic mass is 9.85. The molecule has 0 fully saturated rings. The SMILES string of the molecule is Bc1ccnc(C(C)(C)C(F)(F)F)c1. The van der Waals surface area contributed by atoms with Gasteiger partial charge in [-0.3, -0.25) is 4.98 Å². The normalized spacial score (nSPS) is 12.9. The van der Waals surface area contributed by atoms with Gasteiger partial charge in [0.25, 0.3) is 0 Å². The smallest absolute Gasteiger partial charge is 0.260 e. The van der Waals surface area contributed by atoms with Gasteiger partial charge in [0.15, 0.2) is 0 Å². The molecule has 0 atom stereocenters. The van der Waals surface area contributed by atoms with Crippen LogP contribution < -0.4 is 5.46 Å². The predicted octanol–water partition coefficient (Wildman–Crippen LogP) is 1.18. The van der Waals surface area contributed by atoms with Crippen LogP contribution in [0.25, 0.3) is 0 Å². The van der Waals surface area contributed by atoms with E-state index in [-0.39, 0.29) is 5.69 Å². The Morgan fingerprint density at radius 1 is 1.29 bits per heavy atom. The van der Waals surface area contributed by atoms with Crippen LogP contribution in [-0.2, 0) is 5.41 Å². The van der Waals surface area contributed by atoms with Crippen molar-refractivity contribution >= 4 is 13.3 Å². The van der Waals surface area contributed by atoms with Crippen molar-refractivity contribution in [3.63, 3.8) is 0 Å². The van der Waals surface area contributed by atoms with Gasteiger partial charge in [0, 0.05) is 6.20 Å². The third kappa shape index (κ3) is 1.91. The molecule has 1 nitrogen and oxygen atoms in total. The van der Waals surface area contributed by atoms with E-state index in [1.807, 2.05) is 0 Å². The van der Waals surface area contributed by atoms with Crippen molar-refractivity contribution < 1.29 is 13.2 Å². The van der Waals surface area contributed by atoms with E-state index >= 15 is 0 Å². The second kappa shape index (κ2) is 3.30. The van der Waals surface area contributed by atoms with Crippen LogP contribution >= 0.6 is 0 Å². The maximum absolute atomic E-state index is 12.6. The summed E-state index contributed by atoms with van der Waals surface area (Å²) in [6.07, 6.45) is -2.87. The molecule has 0 aliphatic heterocycles. The minimum absolute atomic E-state index is 0.0602. The van der Waals surface area contributed by atoms with Crippen molar-refractivity contribution in [1.82, 2.24) is 4.98 Å². The van der Waals surface area contributed by atoms with E-state index in [2.05, 4.69) is 4.98 Å². The molecule has 0 aliphatic carbocycles. The number of hydrogen-bond donors (Lipinski definition) is 0. The summed E-state index contributed by atoms with van der Waals surface area (Å²) in [7, 11) is 1.75. The molecule has 76 valence electrons. The lowest BCUT2D eigenvalue weighted by molar-refractivity contribution is -0.181. The fourth-order valence-corrected chi connectivity index (χ4v) is 1.02. The minimum atomic E-state index is -4.27. The van der Waals surface area contributed by atoms with Gasteiger partial charge in [-0.05, 0) is 19.9 Å². The summed E-state index contributed by atoms with van der Waals surface area (Å²) in [5.74, 6) is 0. The largest absolute Gasteiger partial charge is 0.399 e. The van der Waals surface area contributed by atoms with Gasteiger partial charge < -0.3 is 0 Å². The van der Waals surface area contributed by atoms with E-state index in [4.69, 9.17) is 0 Å². The highest BCUT2D eigenvalue weighted by atomic mass is 19.4. The summed E-state index contributed by atoms with van der Waals surface area (Å²) in [4.78, 5) is 3.76. The van der Waals surface area contributed by atoms with Gasteiger partial charge in [0.1, 0.15) is 13.3 Å². The van der Waals surface area contributed by atoms with E-state index < -0.39 is 11.6 Å². The highest BCUT2D eigenvalue weighted by Gasteiger charge is 2.49. The monoisotopic (exact) mass is 201 g/mol. The first kappa shape index (κ1) is 11.1. The molecule has 0 amide bonds. The van der Waals surface area contributed by atoms with Gasteiger partial charge in [-0.1, -0.05) is 11.5 Å². The second-order valence-electron chi connectivity index (χ2n) is 3.84. The molecule has 0 bridgehead atoms. The molecule has 0 spiro atoms. The molecule has 0 saturated heterocycles. The van der Waals surface area contributed by atoms with Gasteiger partial charge in [-0.15, -0.1) is 0 Å². The van der Waals surface area contributed by atoms with Crippen LogP contribution in [0.15, 0.2) is 18.3 Å². The number of halogens is 3. The lowest BCUT2D eigenvalue weighted by Gasteiger charge is -2.27. The van der Waals surface area contributed by atoms with Crippen LogP contribution in [0, 0.1) is 0 Å². The fourth-order valence-electron chi connectivity index (χ4n) is 1.02. The van der Waals surface area contributed by atoms with Crippen LogP contribution in [0.4, 0.5) is 13.2 Å². The molecule has 0 saturated carbocycles. The number of rotatable bonds is 1. The number of hydrogen-bond acceptors (Lipinski definition) is 1. The Morgan fingerprint density at radius 2 is 1.86 bits per heavy atom. The molecule has 1 rings (SSSR count). The summed E-state index contributed by atoms with van der Waals surface area (Å²) in [6.45, 7) is 2.27. The molecular formula is C9H11BF3N. The molecule has 0 N–H and O–H groups in total. The number of pyridine rings is 1. The highest BCUT2D eigenvalue weighted by Crippen LogP contribution is 2.38. The van der Waals surface area contributed by atoms with E-state index in [9.17, 15) is 13.2 Å². The Balaban J connectivity index is 3.16. The maximum Gasteiger partial charge on any atom is 0.399 e. The van der Waals surface area contributed by atoms with Crippen molar-refractivity contribution in [2.45, 2.75) is 25.4 Å². The Kier molecular flexibility index (Phi) is 2.61. The first-order valence-corrected chi connectivity index (χ1v) is 4.25. The van der Waals surface area contributed by atoms with Crippen LogP contribution in [-0.4, -0.2) is 19.0 Å². The third-order valence-electron chi connectivity index (χ3n) is 2.26. The first-order chi connectivity index (χ1) is 6.25. The summed E-state index contributed by atoms with van der Waals surface area (Å²) in [5.41, 5.74) is -1.05. The minimum Gasteiger partial charge on any atom is -0.260 e. The Bertz CT molecular complexity index is 333. The van der Waals surface area contributed by atoms with Gasteiger partial charge in [-0.25, -0.2) is 0 Å². The molecule has 0 aromatic carbocycles. The number of aromatic nitrogens is 1. The third-order valence-corrected chi connectivity index (χ3v) is 2.26. The van der Waals surface area contributed by atoms with Crippen LogP contribution in [0.3, 0.4) is 0 Å². The Hall–Kier alpha value is -0.995. The molecule has 1 aromatic rings. The van der Waals surface area contributed by atoms with E-state index in [0.717, 1.165) is 19.3 Å². The molecular weight excluding hydrogens is 190 g/mol. The standard InChI is InChI=1S/C9H11BF3N/c1-8(2,9(11,12)13)7-5-6(10)3-4-14-7/h3-5H,10H2,1-2H3. The number of nitrogens with zero attached hydrogens (tertiary/aromatic N) is 1. The van der Waals surface area contributed by atoms with Crippen molar-refractivity contribution in [2.75, 3.05) is 0 Å². The summed E-state index contributed by atoms with van der Waals surface area (Å²) >= 11 is 0. The van der Waals surface area contributed by atoms with Gasteiger partial charge in [-0.2, -0.15) is 13.2 Å². The Labute approximate surface area is 81.8 Å². The quantitative estimate of drug-likeness (QED) is 0.621. The van der Waals surface area contributed by atoms with E-state index in [0.29, 0.717) is 0 Å². The topological polar surface area (TPSA) is 12.9 Å².